The Kier molecular flexibility index (Phi) is 3.62. The predicted molar refractivity (Wildman–Crippen MR) is 71.9 cm³/mol. The average molecular weight is 241 g/mol. The average Bonchev–Trinajstić information content (AvgIpc) is 2.39. The van der Waals surface area contributed by atoms with E-state index in [9.17, 15) is 4.79 Å². The number of pyridine rings is 2. The van der Waals surface area contributed by atoms with Gasteiger partial charge in [-0.3, -0.25) is 9.78 Å². The van der Waals surface area contributed by atoms with Crippen LogP contribution in [0.4, 0.5) is 0 Å². The molecule has 2 aromatic rings. The molecule has 0 saturated heterocycles. The minimum absolute atomic E-state index is 0.0217. The summed E-state index contributed by atoms with van der Waals surface area (Å²) < 4.78 is 1.67. The van der Waals surface area contributed by atoms with E-state index >= 15 is 0 Å². The first-order valence-electron chi connectivity index (χ1n) is 5.77. The molecule has 91 valence electrons. The highest BCUT2D eigenvalue weighted by molar-refractivity contribution is 6.45. The molecule has 0 fully saturated rings. The Morgan fingerprint density at radius 3 is 2.72 bits per heavy atom. The summed E-state index contributed by atoms with van der Waals surface area (Å²) in [6.45, 7) is 3.92. The lowest BCUT2D eigenvalue weighted by Gasteiger charge is -2.11. The van der Waals surface area contributed by atoms with Crippen molar-refractivity contribution in [2.75, 3.05) is 0 Å². The SMILES string of the molecule is CC(C)n1cc(-c2cncc([B]O)c2)ccc1=O. The van der Waals surface area contributed by atoms with E-state index in [1.807, 2.05) is 26.1 Å². The topological polar surface area (TPSA) is 55.1 Å². The van der Waals surface area contributed by atoms with E-state index in [1.165, 1.54) is 0 Å². The second kappa shape index (κ2) is 5.18. The van der Waals surface area contributed by atoms with Crippen LogP contribution in [0, 0.1) is 0 Å². The molecular weight excluding hydrogens is 227 g/mol. The molecule has 0 amide bonds. The number of aromatic nitrogens is 2. The molecule has 0 spiro atoms. The van der Waals surface area contributed by atoms with E-state index in [0.717, 1.165) is 18.6 Å². The fourth-order valence-electron chi connectivity index (χ4n) is 1.76. The van der Waals surface area contributed by atoms with Gasteiger partial charge in [-0.25, -0.2) is 0 Å². The van der Waals surface area contributed by atoms with Crippen molar-refractivity contribution in [2.45, 2.75) is 19.9 Å². The third-order valence-electron chi connectivity index (χ3n) is 2.74. The third-order valence-corrected chi connectivity index (χ3v) is 2.74. The van der Waals surface area contributed by atoms with Gasteiger partial charge in [0.1, 0.15) is 0 Å². The lowest BCUT2D eigenvalue weighted by Crippen LogP contribution is -2.20. The van der Waals surface area contributed by atoms with E-state index in [1.54, 1.807) is 29.1 Å². The molecule has 0 aliphatic carbocycles. The highest BCUT2D eigenvalue weighted by atomic mass is 16.2. The first-order valence-corrected chi connectivity index (χ1v) is 5.77. The van der Waals surface area contributed by atoms with E-state index in [0.29, 0.717) is 5.46 Å². The van der Waals surface area contributed by atoms with Crippen molar-refractivity contribution in [3.8, 4) is 11.1 Å². The number of hydrogen-bond donors (Lipinski definition) is 1. The Balaban J connectivity index is 2.50. The summed E-state index contributed by atoms with van der Waals surface area (Å²) in [7, 11) is 1.01. The molecule has 1 N–H and O–H groups in total. The molecule has 0 aliphatic rings. The molecule has 0 unspecified atom stereocenters. The largest absolute Gasteiger partial charge is 0.450 e. The lowest BCUT2D eigenvalue weighted by atomic mass is 9.89. The maximum atomic E-state index is 11.7. The molecule has 18 heavy (non-hydrogen) atoms. The number of nitrogens with zero attached hydrogens (tertiary/aromatic N) is 2. The molecule has 0 aromatic carbocycles. The van der Waals surface area contributed by atoms with Crippen LogP contribution in [0.5, 0.6) is 0 Å². The molecule has 2 heterocycles. The quantitative estimate of drug-likeness (QED) is 0.806. The fraction of sp³-hybridized carbons (Fsp3) is 0.231. The minimum Gasteiger partial charge on any atom is -0.450 e. The summed E-state index contributed by atoms with van der Waals surface area (Å²) in [6, 6.07) is 5.24. The highest BCUT2D eigenvalue weighted by Gasteiger charge is 2.05. The van der Waals surface area contributed by atoms with Crippen LogP contribution in [-0.4, -0.2) is 22.1 Å². The van der Waals surface area contributed by atoms with Crippen LogP contribution in [0.3, 0.4) is 0 Å². The molecule has 2 rings (SSSR count). The van der Waals surface area contributed by atoms with Crippen molar-refractivity contribution in [1.82, 2.24) is 9.55 Å². The lowest BCUT2D eigenvalue weighted by molar-refractivity contribution is 0.579. The van der Waals surface area contributed by atoms with Crippen molar-refractivity contribution in [1.29, 1.82) is 0 Å². The molecular formula is C13H14BN2O2. The summed E-state index contributed by atoms with van der Waals surface area (Å²) in [5.41, 5.74) is 2.38. The molecule has 0 bridgehead atoms. The fourth-order valence-corrected chi connectivity index (χ4v) is 1.76. The predicted octanol–water partition coefficient (Wildman–Crippen LogP) is 0.728. The van der Waals surface area contributed by atoms with Crippen LogP contribution >= 0.6 is 0 Å². The molecule has 4 nitrogen and oxygen atoms in total. The van der Waals surface area contributed by atoms with E-state index in [-0.39, 0.29) is 11.6 Å². The maximum Gasteiger partial charge on any atom is 0.328 e. The Morgan fingerprint density at radius 1 is 1.28 bits per heavy atom. The van der Waals surface area contributed by atoms with E-state index in [4.69, 9.17) is 5.02 Å². The monoisotopic (exact) mass is 241 g/mol. The molecule has 2 aromatic heterocycles. The zero-order valence-electron chi connectivity index (χ0n) is 10.4. The van der Waals surface area contributed by atoms with Crippen molar-refractivity contribution in [2.24, 2.45) is 0 Å². The van der Waals surface area contributed by atoms with Gasteiger partial charge < -0.3 is 9.59 Å². The van der Waals surface area contributed by atoms with Crippen LogP contribution in [0.25, 0.3) is 11.1 Å². The first-order chi connectivity index (χ1) is 8.61. The molecule has 0 saturated carbocycles. The van der Waals surface area contributed by atoms with Gasteiger partial charge in [0.2, 0.25) is 0 Å². The van der Waals surface area contributed by atoms with Gasteiger partial charge in [0.05, 0.1) is 0 Å². The molecule has 5 heteroatoms. The zero-order valence-corrected chi connectivity index (χ0v) is 10.4. The summed E-state index contributed by atoms with van der Waals surface area (Å²) >= 11 is 0. The third kappa shape index (κ3) is 2.51. The first kappa shape index (κ1) is 12.6. The van der Waals surface area contributed by atoms with E-state index < -0.39 is 0 Å². The Hall–Kier alpha value is -1.88. The van der Waals surface area contributed by atoms with Gasteiger partial charge in [0, 0.05) is 36.3 Å². The van der Waals surface area contributed by atoms with Crippen molar-refractivity contribution < 1.29 is 5.02 Å². The van der Waals surface area contributed by atoms with Gasteiger partial charge in [-0.15, -0.1) is 0 Å². The Bertz CT molecular complexity index is 608. The molecule has 1 radical (unpaired) electrons. The van der Waals surface area contributed by atoms with Crippen LogP contribution in [0.2, 0.25) is 0 Å². The van der Waals surface area contributed by atoms with Crippen molar-refractivity contribution >= 4 is 12.9 Å². The van der Waals surface area contributed by atoms with Gasteiger partial charge in [-0.05, 0) is 30.9 Å². The maximum absolute atomic E-state index is 11.7. The summed E-state index contributed by atoms with van der Waals surface area (Å²) in [6.07, 6.45) is 5.09. The van der Waals surface area contributed by atoms with E-state index in [2.05, 4.69) is 4.98 Å². The molecule has 0 aliphatic heterocycles. The minimum atomic E-state index is -0.0217. The van der Waals surface area contributed by atoms with Gasteiger partial charge in [0.15, 0.2) is 0 Å². The van der Waals surface area contributed by atoms with Crippen LogP contribution in [-0.2, 0) is 0 Å². The Morgan fingerprint density at radius 2 is 2.06 bits per heavy atom. The Labute approximate surface area is 106 Å². The zero-order chi connectivity index (χ0) is 13.1. The van der Waals surface area contributed by atoms with Crippen LogP contribution in [0.15, 0.2) is 41.6 Å². The molecule has 0 atom stereocenters. The van der Waals surface area contributed by atoms with Crippen molar-refractivity contribution in [3.05, 3.63) is 47.1 Å². The normalized spacial score (nSPS) is 10.7. The van der Waals surface area contributed by atoms with Gasteiger partial charge in [0.25, 0.3) is 5.56 Å². The van der Waals surface area contributed by atoms with Crippen molar-refractivity contribution in [3.63, 3.8) is 0 Å². The van der Waals surface area contributed by atoms with Gasteiger partial charge >= 0.3 is 7.48 Å². The van der Waals surface area contributed by atoms with Gasteiger partial charge in [-0.1, -0.05) is 6.07 Å². The summed E-state index contributed by atoms with van der Waals surface area (Å²) in [5, 5.41) is 8.98. The second-order valence-corrected chi connectivity index (χ2v) is 4.39. The second-order valence-electron chi connectivity index (χ2n) is 4.39. The van der Waals surface area contributed by atoms with Crippen LogP contribution < -0.4 is 11.0 Å². The van der Waals surface area contributed by atoms with Gasteiger partial charge in [-0.2, -0.15) is 0 Å². The number of hydrogen-bond acceptors (Lipinski definition) is 3. The smallest absolute Gasteiger partial charge is 0.328 e. The highest BCUT2D eigenvalue weighted by Crippen LogP contribution is 2.16. The summed E-state index contributed by atoms with van der Waals surface area (Å²) in [5.74, 6) is 0. The van der Waals surface area contributed by atoms with Crippen LogP contribution in [0.1, 0.15) is 19.9 Å². The summed E-state index contributed by atoms with van der Waals surface area (Å²) in [4.78, 5) is 15.7. The standard InChI is InChI=1S/C13H14BN2O2/c1-9(2)16-8-10(3-4-13(16)17)11-5-12(14-18)7-15-6-11/h3-9,18H,1-2H3. The number of rotatable bonds is 3.